The van der Waals surface area contributed by atoms with Crippen LogP contribution < -0.4 is 14.8 Å². The minimum Gasteiger partial charge on any atom is -0.493 e. The molecule has 0 bridgehead atoms. The van der Waals surface area contributed by atoms with Crippen molar-refractivity contribution in [3.8, 4) is 17.6 Å². The zero-order valence-electron chi connectivity index (χ0n) is 16.4. The number of nitrogens with one attached hydrogen (secondary N) is 1. The smallest absolute Gasteiger partial charge is 0.262 e. The molecular weight excluding hydrogens is 354 g/mol. The largest absolute Gasteiger partial charge is 0.493 e. The van der Waals surface area contributed by atoms with Crippen molar-refractivity contribution in [3.05, 3.63) is 59.4 Å². The Morgan fingerprint density at radius 2 is 2.14 bits per heavy atom. The Balaban J connectivity index is 2.08. The fourth-order valence-electron chi connectivity index (χ4n) is 2.39. The summed E-state index contributed by atoms with van der Waals surface area (Å²) in [6.07, 6.45) is 5.80. The Morgan fingerprint density at radius 1 is 1.32 bits per heavy atom. The summed E-state index contributed by atoms with van der Waals surface area (Å²) in [7, 11) is 1.56. The molecule has 0 saturated carbocycles. The number of amides is 1. The van der Waals surface area contributed by atoms with Gasteiger partial charge in [-0.05, 0) is 47.7 Å². The zero-order valence-corrected chi connectivity index (χ0v) is 16.4. The molecule has 1 amide bonds. The van der Waals surface area contributed by atoms with Gasteiger partial charge < -0.3 is 14.8 Å². The van der Waals surface area contributed by atoms with E-state index < -0.39 is 5.91 Å². The summed E-state index contributed by atoms with van der Waals surface area (Å²) < 4.78 is 11.1. The number of benzene rings is 1. The Kier molecular flexibility index (Phi) is 8.04. The van der Waals surface area contributed by atoms with Gasteiger partial charge in [-0.3, -0.25) is 9.78 Å². The first kappa shape index (κ1) is 21.0. The van der Waals surface area contributed by atoms with E-state index in [1.54, 1.807) is 43.8 Å². The minimum absolute atomic E-state index is 0.0134. The monoisotopic (exact) mass is 379 g/mol. The molecule has 0 spiro atoms. The summed E-state index contributed by atoms with van der Waals surface area (Å²) in [4.78, 5) is 16.3. The third-order valence-electron chi connectivity index (χ3n) is 3.99. The average molecular weight is 379 g/mol. The maximum Gasteiger partial charge on any atom is 0.262 e. The fourth-order valence-corrected chi connectivity index (χ4v) is 2.39. The van der Waals surface area contributed by atoms with Gasteiger partial charge in [0.25, 0.3) is 5.91 Å². The number of nitrogens with zero attached hydrogens (tertiary/aromatic N) is 2. The van der Waals surface area contributed by atoms with Gasteiger partial charge in [0.05, 0.1) is 13.7 Å². The van der Waals surface area contributed by atoms with Crippen molar-refractivity contribution < 1.29 is 14.3 Å². The Morgan fingerprint density at radius 3 is 2.79 bits per heavy atom. The minimum atomic E-state index is -0.442. The quantitative estimate of drug-likeness (QED) is 0.530. The van der Waals surface area contributed by atoms with E-state index in [0.29, 0.717) is 36.1 Å². The molecule has 6 nitrogen and oxygen atoms in total. The number of hydrogen-bond acceptors (Lipinski definition) is 5. The number of aromatic nitrogens is 1. The molecule has 2 aromatic rings. The van der Waals surface area contributed by atoms with Gasteiger partial charge in [0.2, 0.25) is 0 Å². The van der Waals surface area contributed by atoms with Gasteiger partial charge in [0, 0.05) is 18.9 Å². The van der Waals surface area contributed by atoms with E-state index in [1.165, 1.54) is 6.08 Å². The van der Waals surface area contributed by atoms with E-state index in [0.717, 1.165) is 12.0 Å². The van der Waals surface area contributed by atoms with E-state index in [2.05, 4.69) is 24.1 Å². The highest BCUT2D eigenvalue weighted by atomic mass is 16.5. The Labute approximate surface area is 165 Å². The van der Waals surface area contributed by atoms with Gasteiger partial charge in [-0.25, -0.2) is 0 Å². The zero-order chi connectivity index (χ0) is 20.4. The topological polar surface area (TPSA) is 84.2 Å². The highest BCUT2D eigenvalue weighted by molar-refractivity contribution is 6.01. The van der Waals surface area contributed by atoms with Crippen molar-refractivity contribution in [1.29, 1.82) is 5.26 Å². The normalized spacial score (nSPS) is 11.0. The third kappa shape index (κ3) is 6.44. The highest BCUT2D eigenvalue weighted by Gasteiger charge is 2.11. The molecule has 0 aliphatic rings. The summed E-state index contributed by atoms with van der Waals surface area (Å²) in [5.41, 5.74) is 1.55. The summed E-state index contributed by atoms with van der Waals surface area (Å²) in [5, 5.41) is 12.1. The van der Waals surface area contributed by atoms with E-state index in [1.807, 2.05) is 12.1 Å². The summed E-state index contributed by atoms with van der Waals surface area (Å²) >= 11 is 0. The predicted molar refractivity (Wildman–Crippen MR) is 108 cm³/mol. The number of methoxy groups -OCH3 is 1. The van der Waals surface area contributed by atoms with Crippen molar-refractivity contribution in [2.24, 2.45) is 5.92 Å². The van der Waals surface area contributed by atoms with Crippen LogP contribution in [0.3, 0.4) is 0 Å². The first-order chi connectivity index (χ1) is 13.5. The van der Waals surface area contributed by atoms with Crippen molar-refractivity contribution >= 4 is 12.0 Å². The van der Waals surface area contributed by atoms with Crippen LogP contribution in [0.15, 0.2) is 48.3 Å². The van der Waals surface area contributed by atoms with Crippen LogP contribution >= 0.6 is 0 Å². The molecule has 28 heavy (non-hydrogen) atoms. The molecule has 1 aromatic carbocycles. The Bertz CT molecular complexity index is 855. The van der Waals surface area contributed by atoms with Gasteiger partial charge in [-0.15, -0.1) is 0 Å². The van der Waals surface area contributed by atoms with Gasteiger partial charge in [-0.1, -0.05) is 26.0 Å². The van der Waals surface area contributed by atoms with Crippen molar-refractivity contribution in [2.45, 2.75) is 26.8 Å². The van der Waals surface area contributed by atoms with Crippen LogP contribution in [0.2, 0.25) is 0 Å². The van der Waals surface area contributed by atoms with Crippen LogP contribution in [0.4, 0.5) is 0 Å². The molecule has 146 valence electrons. The maximum absolute atomic E-state index is 12.3. The molecule has 0 atom stereocenters. The molecule has 0 unspecified atom stereocenters. The number of carbonyl (C=O) groups excluding carboxylic acids is 1. The van der Waals surface area contributed by atoms with E-state index in [-0.39, 0.29) is 5.57 Å². The van der Waals surface area contributed by atoms with E-state index >= 15 is 0 Å². The lowest BCUT2D eigenvalue weighted by Crippen LogP contribution is -2.24. The number of pyridine rings is 1. The van der Waals surface area contributed by atoms with Crippen LogP contribution in [0.1, 0.15) is 31.4 Å². The second-order valence-electron chi connectivity index (χ2n) is 6.66. The van der Waals surface area contributed by atoms with Crippen LogP contribution in [0.5, 0.6) is 11.5 Å². The van der Waals surface area contributed by atoms with Gasteiger partial charge in [0.15, 0.2) is 11.5 Å². The van der Waals surface area contributed by atoms with Crippen LogP contribution in [0.25, 0.3) is 6.08 Å². The molecular formula is C22H25N3O3. The third-order valence-corrected chi connectivity index (χ3v) is 3.99. The summed E-state index contributed by atoms with van der Waals surface area (Å²) in [6.45, 7) is 5.18. The van der Waals surface area contributed by atoms with Gasteiger partial charge in [0.1, 0.15) is 11.6 Å². The predicted octanol–water partition coefficient (Wildman–Crippen LogP) is 3.74. The van der Waals surface area contributed by atoms with Crippen LogP contribution in [-0.2, 0) is 11.3 Å². The van der Waals surface area contributed by atoms with Crippen LogP contribution in [0, 0.1) is 17.2 Å². The second kappa shape index (κ2) is 10.7. The van der Waals surface area contributed by atoms with Crippen molar-refractivity contribution in [2.75, 3.05) is 13.7 Å². The standard InChI is InChI=1S/C22H25N3O3/c1-16(2)8-10-28-20-7-6-17(12-21(20)27-3)11-19(13-23)22(26)25-15-18-5-4-9-24-14-18/h4-7,9,11-12,14,16H,8,10,15H2,1-3H3,(H,25,26)/b19-11+. The number of nitriles is 1. The maximum atomic E-state index is 12.3. The molecule has 0 aliphatic heterocycles. The molecule has 0 radical (unpaired) electrons. The molecule has 0 fully saturated rings. The van der Waals surface area contributed by atoms with Gasteiger partial charge in [-0.2, -0.15) is 5.26 Å². The highest BCUT2D eigenvalue weighted by Crippen LogP contribution is 2.29. The first-order valence-corrected chi connectivity index (χ1v) is 9.13. The summed E-state index contributed by atoms with van der Waals surface area (Å²) in [5.74, 6) is 1.31. The molecule has 1 heterocycles. The fraction of sp³-hybridized carbons (Fsp3) is 0.318. The van der Waals surface area contributed by atoms with Crippen molar-refractivity contribution in [1.82, 2.24) is 10.3 Å². The number of ether oxygens (including phenoxy) is 2. The molecule has 0 aliphatic carbocycles. The SMILES string of the molecule is COc1cc(/C=C(\C#N)C(=O)NCc2cccnc2)ccc1OCCC(C)C. The van der Waals surface area contributed by atoms with Crippen LogP contribution in [-0.4, -0.2) is 24.6 Å². The van der Waals surface area contributed by atoms with E-state index in [9.17, 15) is 10.1 Å². The molecule has 2 rings (SSSR count). The first-order valence-electron chi connectivity index (χ1n) is 9.13. The lowest BCUT2D eigenvalue weighted by Gasteiger charge is -2.12. The summed E-state index contributed by atoms with van der Waals surface area (Å²) in [6, 6.07) is 10.9. The van der Waals surface area contributed by atoms with Gasteiger partial charge >= 0.3 is 0 Å². The molecule has 1 aromatic heterocycles. The number of rotatable bonds is 9. The van der Waals surface area contributed by atoms with E-state index in [4.69, 9.17) is 9.47 Å². The lowest BCUT2D eigenvalue weighted by atomic mass is 10.1. The second-order valence-corrected chi connectivity index (χ2v) is 6.66. The lowest BCUT2D eigenvalue weighted by molar-refractivity contribution is -0.117. The number of hydrogen-bond donors (Lipinski definition) is 1. The Hall–Kier alpha value is -3.33. The van der Waals surface area contributed by atoms with Crippen molar-refractivity contribution in [3.63, 3.8) is 0 Å². The average Bonchev–Trinajstić information content (AvgIpc) is 2.71. The molecule has 6 heteroatoms. The molecule has 0 saturated heterocycles. The number of carbonyl (C=O) groups is 1. The molecule has 1 N–H and O–H groups in total.